The topological polar surface area (TPSA) is 37.8 Å². The summed E-state index contributed by atoms with van der Waals surface area (Å²) in [6.45, 7) is 4.19. The van der Waals surface area contributed by atoms with E-state index >= 15 is 0 Å². The molecule has 0 amide bonds. The van der Waals surface area contributed by atoms with Crippen LogP contribution in [0.2, 0.25) is 0 Å². The minimum absolute atomic E-state index is 0.309. The zero-order chi connectivity index (χ0) is 13.1. The second-order valence-electron chi connectivity index (χ2n) is 4.41. The van der Waals surface area contributed by atoms with Crippen molar-refractivity contribution >= 4 is 21.7 Å². The zero-order valence-electron chi connectivity index (χ0n) is 10.7. The van der Waals surface area contributed by atoms with Crippen LogP contribution in [0.25, 0.3) is 11.3 Å². The van der Waals surface area contributed by atoms with E-state index in [1.165, 1.54) is 0 Å². The van der Waals surface area contributed by atoms with Crippen molar-refractivity contribution in [3.8, 4) is 11.3 Å². The SMILES string of the molecule is CNc1cc(-c2cccc(Br)c2)nc(C(C)C)n1. The number of benzene rings is 1. The molecule has 1 aromatic heterocycles. The van der Waals surface area contributed by atoms with Crippen LogP contribution >= 0.6 is 15.9 Å². The van der Waals surface area contributed by atoms with Gasteiger partial charge in [-0.1, -0.05) is 41.9 Å². The summed E-state index contributed by atoms with van der Waals surface area (Å²) in [5.74, 6) is 2.02. The van der Waals surface area contributed by atoms with Crippen LogP contribution in [0.15, 0.2) is 34.8 Å². The maximum absolute atomic E-state index is 4.62. The van der Waals surface area contributed by atoms with Crippen LogP contribution in [0.4, 0.5) is 5.82 Å². The van der Waals surface area contributed by atoms with Gasteiger partial charge in [0.1, 0.15) is 11.6 Å². The summed E-state index contributed by atoms with van der Waals surface area (Å²) in [5, 5.41) is 3.08. The van der Waals surface area contributed by atoms with E-state index in [4.69, 9.17) is 0 Å². The number of rotatable bonds is 3. The highest BCUT2D eigenvalue weighted by Gasteiger charge is 2.09. The molecule has 0 saturated heterocycles. The van der Waals surface area contributed by atoms with Crippen LogP contribution in [0.5, 0.6) is 0 Å². The molecule has 2 rings (SSSR count). The maximum atomic E-state index is 4.62. The average molecular weight is 306 g/mol. The number of hydrogen-bond acceptors (Lipinski definition) is 3. The van der Waals surface area contributed by atoms with Crippen molar-refractivity contribution in [2.45, 2.75) is 19.8 Å². The van der Waals surface area contributed by atoms with Crippen LogP contribution in [0.1, 0.15) is 25.6 Å². The van der Waals surface area contributed by atoms with Crippen molar-refractivity contribution in [2.24, 2.45) is 0 Å². The van der Waals surface area contributed by atoms with Gasteiger partial charge in [-0.2, -0.15) is 0 Å². The van der Waals surface area contributed by atoms with Gasteiger partial charge in [0.2, 0.25) is 0 Å². The molecule has 2 aromatic rings. The molecule has 0 bridgehead atoms. The number of halogens is 1. The summed E-state index contributed by atoms with van der Waals surface area (Å²) in [7, 11) is 1.87. The molecule has 1 heterocycles. The van der Waals surface area contributed by atoms with Crippen molar-refractivity contribution in [3.05, 3.63) is 40.6 Å². The summed E-state index contributed by atoms with van der Waals surface area (Å²) in [4.78, 5) is 9.09. The minimum Gasteiger partial charge on any atom is -0.373 e. The number of nitrogens with zero attached hydrogens (tertiary/aromatic N) is 2. The third-order valence-corrected chi connectivity index (χ3v) is 3.13. The molecule has 0 unspecified atom stereocenters. The predicted molar refractivity (Wildman–Crippen MR) is 78.8 cm³/mol. The Hall–Kier alpha value is -1.42. The molecule has 0 aliphatic rings. The van der Waals surface area contributed by atoms with Crippen LogP contribution in [-0.2, 0) is 0 Å². The van der Waals surface area contributed by atoms with Gasteiger partial charge in [-0.25, -0.2) is 9.97 Å². The molecule has 0 aliphatic heterocycles. The van der Waals surface area contributed by atoms with Crippen molar-refractivity contribution in [3.63, 3.8) is 0 Å². The Labute approximate surface area is 116 Å². The quantitative estimate of drug-likeness (QED) is 0.929. The van der Waals surface area contributed by atoms with E-state index in [0.717, 1.165) is 27.4 Å². The van der Waals surface area contributed by atoms with E-state index in [0.29, 0.717) is 5.92 Å². The highest BCUT2D eigenvalue weighted by molar-refractivity contribution is 9.10. The average Bonchev–Trinajstić information content (AvgIpc) is 2.38. The van der Waals surface area contributed by atoms with Crippen molar-refractivity contribution < 1.29 is 0 Å². The molecule has 18 heavy (non-hydrogen) atoms. The first-order valence-electron chi connectivity index (χ1n) is 5.93. The zero-order valence-corrected chi connectivity index (χ0v) is 12.3. The lowest BCUT2D eigenvalue weighted by Gasteiger charge is -2.10. The molecule has 4 heteroatoms. The van der Waals surface area contributed by atoms with Crippen LogP contribution in [-0.4, -0.2) is 17.0 Å². The summed E-state index contributed by atoms with van der Waals surface area (Å²) in [6.07, 6.45) is 0. The third-order valence-electron chi connectivity index (χ3n) is 2.64. The van der Waals surface area contributed by atoms with Crippen molar-refractivity contribution in [1.29, 1.82) is 0 Å². The van der Waals surface area contributed by atoms with E-state index in [1.807, 2.05) is 25.2 Å². The molecular weight excluding hydrogens is 290 g/mol. The van der Waals surface area contributed by atoms with Gasteiger partial charge in [-0.15, -0.1) is 0 Å². The highest BCUT2D eigenvalue weighted by atomic mass is 79.9. The fourth-order valence-electron chi connectivity index (χ4n) is 1.65. The fraction of sp³-hybridized carbons (Fsp3) is 0.286. The first kappa shape index (κ1) is 13.0. The van der Waals surface area contributed by atoms with Gasteiger partial charge >= 0.3 is 0 Å². The number of anilines is 1. The Morgan fingerprint density at radius 3 is 2.56 bits per heavy atom. The lowest BCUT2D eigenvalue weighted by Crippen LogP contribution is -2.03. The molecule has 94 valence electrons. The van der Waals surface area contributed by atoms with Crippen LogP contribution < -0.4 is 5.32 Å². The lowest BCUT2D eigenvalue weighted by atomic mass is 10.1. The molecule has 1 aromatic carbocycles. The molecule has 0 radical (unpaired) electrons. The molecule has 0 saturated carbocycles. The Morgan fingerprint density at radius 1 is 1.17 bits per heavy atom. The molecule has 0 spiro atoms. The summed E-state index contributed by atoms with van der Waals surface area (Å²) in [6, 6.07) is 10.1. The fourth-order valence-corrected chi connectivity index (χ4v) is 2.05. The van der Waals surface area contributed by atoms with Gasteiger partial charge in [0, 0.05) is 29.1 Å². The van der Waals surface area contributed by atoms with Crippen molar-refractivity contribution in [1.82, 2.24) is 9.97 Å². The second-order valence-corrected chi connectivity index (χ2v) is 5.33. The summed E-state index contributed by atoms with van der Waals surface area (Å²) < 4.78 is 1.05. The normalized spacial score (nSPS) is 10.7. The van der Waals surface area contributed by atoms with Gasteiger partial charge in [0.25, 0.3) is 0 Å². The molecule has 0 atom stereocenters. The second kappa shape index (κ2) is 5.48. The van der Waals surface area contributed by atoms with E-state index in [2.05, 4.69) is 57.2 Å². The van der Waals surface area contributed by atoms with Gasteiger partial charge in [0.05, 0.1) is 5.69 Å². The van der Waals surface area contributed by atoms with Crippen molar-refractivity contribution in [2.75, 3.05) is 12.4 Å². The Morgan fingerprint density at radius 2 is 1.94 bits per heavy atom. The van der Waals surface area contributed by atoms with Gasteiger partial charge in [-0.05, 0) is 12.1 Å². The molecule has 3 nitrogen and oxygen atoms in total. The first-order valence-corrected chi connectivity index (χ1v) is 6.72. The molecule has 0 fully saturated rings. The third kappa shape index (κ3) is 2.88. The van der Waals surface area contributed by atoms with E-state index in [1.54, 1.807) is 0 Å². The summed E-state index contributed by atoms with van der Waals surface area (Å²) >= 11 is 3.48. The molecule has 1 N–H and O–H groups in total. The Kier molecular flexibility index (Phi) is 3.97. The largest absolute Gasteiger partial charge is 0.373 e. The summed E-state index contributed by atoms with van der Waals surface area (Å²) in [5.41, 5.74) is 2.03. The van der Waals surface area contributed by atoms with E-state index < -0.39 is 0 Å². The van der Waals surface area contributed by atoms with Crippen LogP contribution in [0.3, 0.4) is 0 Å². The number of aromatic nitrogens is 2. The highest BCUT2D eigenvalue weighted by Crippen LogP contribution is 2.24. The minimum atomic E-state index is 0.309. The Bertz CT molecular complexity index is 552. The molecule has 0 aliphatic carbocycles. The van der Waals surface area contributed by atoms with E-state index in [-0.39, 0.29) is 0 Å². The maximum Gasteiger partial charge on any atom is 0.133 e. The van der Waals surface area contributed by atoms with Gasteiger partial charge < -0.3 is 5.32 Å². The van der Waals surface area contributed by atoms with Crippen LogP contribution in [0, 0.1) is 0 Å². The molecular formula is C14H16BrN3. The van der Waals surface area contributed by atoms with Gasteiger partial charge in [0.15, 0.2) is 0 Å². The number of nitrogens with one attached hydrogen (secondary N) is 1. The first-order chi connectivity index (χ1) is 8.60. The monoisotopic (exact) mass is 305 g/mol. The Balaban J connectivity index is 2.53. The standard InChI is InChI=1S/C14H16BrN3/c1-9(2)14-17-12(8-13(16-3)18-14)10-5-4-6-11(15)7-10/h4-9H,1-3H3,(H,16,17,18). The van der Waals surface area contributed by atoms with E-state index in [9.17, 15) is 0 Å². The van der Waals surface area contributed by atoms with Gasteiger partial charge in [-0.3, -0.25) is 0 Å². The predicted octanol–water partition coefficient (Wildman–Crippen LogP) is 4.07. The smallest absolute Gasteiger partial charge is 0.133 e. The lowest BCUT2D eigenvalue weighted by molar-refractivity contribution is 0.777. The number of hydrogen-bond donors (Lipinski definition) is 1.